The van der Waals surface area contributed by atoms with Gasteiger partial charge < -0.3 is 10.6 Å². The van der Waals surface area contributed by atoms with Crippen molar-refractivity contribution in [3.63, 3.8) is 0 Å². The highest BCUT2D eigenvalue weighted by Crippen LogP contribution is 2.10. The van der Waals surface area contributed by atoms with Gasteiger partial charge in [-0.05, 0) is 18.1 Å². The maximum atomic E-state index is 12.6. The second-order valence-electron chi connectivity index (χ2n) is 5.68. The minimum atomic E-state index is -0.397. The summed E-state index contributed by atoms with van der Waals surface area (Å²) in [7, 11) is 0. The van der Waals surface area contributed by atoms with E-state index in [0.717, 1.165) is 16.7 Å². The van der Waals surface area contributed by atoms with Crippen LogP contribution in [-0.2, 0) is 22.6 Å². The quantitative estimate of drug-likeness (QED) is 0.853. The fourth-order valence-electron chi connectivity index (χ4n) is 2.33. The first-order valence-electron chi connectivity index (χ1n) is 7.70. The molecule has 0 saturated carbocycles. The molecule has 0 spiro atoms. The molecule has 0 bridgehead atoms. The SMILES string of the molecule is Cc1ccc(CC(=O)N(CCC(N)=O)Cc2ccccc2)cc1. The Bertz CT molecular complexity index is 651. The molecular weight excluding hydrogens is 288 g/mol. The van der Waals surface area contributed by atoms with E-state index in [1.54, 1.807) is 4.90 Å². The number of aryl methyl sites for hydroxylation is 1. The van der Waals surface area contributed by atoms with Crippen molar-refractivity contribution in [1.29, 1.82) is 0 Å². The Kier molecular flexibility index (Phi) is 5.92. The van der Waals surface area contributed by atoms with Gasteiger partial charge in [0.15, 0.2) is 0 Å². The molecular formula is C19H22N2O2. The van der Waals surface area contributed by atoms with Crippen LogP contribution >= 0.6 is 0 Å². The minimum Gasteiger partial charge on any atom is -0.370 e. The molecule has 0 aromatic heterocycles. The van der Waals surface area contributed by atoms with Crippen LogP contribution in [0.4, 0.5) is 0 Å². The second kappa shape index (κ2) is 8.13. The predicted molar refractivity (Wildman–Crippen MR) is 90.6 cm³/mol. The normalized spacial score (nSPS) is 10.3. The van der Waals surface area contributed by atoms with Crippen molar-refractivity contribution >= 4 is 11.8 Å². The molecule has 4 nitrogen and oxygen atoms in total. The molecule has 2 N–H and O–H groups in total. The first-order chi connectivity index (χ1) is 11.0. The average Bonchev–Trinajstić information content (AvgIpc) is 2.54. The highest BCUT2D eigenvalue weighted by atomic mass is 16.2. The molecule has 0 saturated heterocycles. The maximum Gasteiger partial charge on any atom is 0.227 e. The molecule has 0 fully saturated rings. The summed E-state index contributed by atoms with van der Waals surface area (Å²) in [6.45, 7) is 2.84. The van der Waals surface area contributed by atoms with Gasteiger partial charge >= 0.3 is 0 Å². The molecule has 0 aliphatic heterocycles. The summed E-state index contributed by atoms with van der Waals surface area (Å²) >= 11 is 0. The third-order valence-electron chi connectivity index (χ3n) is 3.67. The molecule has 23 heavy (non-hydrogen) atoms. The number of nitrogens with zero attached hydrogens (tertiary/aromatic N) is 1. The van der Waals surface area contributed by atoms with Gasteiger partial charge in [0.1, 0.15) is 0 Å². The second-order valence-corrected chi connectivity index (χ2v) is 5.68. The molecule has 2 aromatic rings. The summed E-state index contributed by atoms with van der Waals surface area (Å²) in [5.41, 5.74) is 8.40. The highest BCUT2D eigenvalue weighted by molar-refractivity contribution is 5.80. The molecule has 0 radical (unpaired) electrons. The molecule has 2 amide bonds. The van der Waals surface area contributed by atoms with Gasteiger partial charge in [0.2, 0.25) is 11.8 Å². The number of benzene rings is 2. The molecule has 0 heterocycles. The number of nitrogens with two attached hydrogens (primary N) is 1. The number of carbonyl (C=O) groups excluding carboxylic acids is 2. The number of hydrogen-bond donors (Lipinski definition) is 1. The number of rotatable bonds is 7. The summed E-state index contributed by atoms with van der Waals surface area (Å²) < 4.78 is 0. The maximum absolute atomic E-state index is 12.6. The van der Waals surface area contributed by atoms with Crippen molar-refractivity contribution < 1.29 is 9.59 Å². The van der Waals surface area contributed by atoms with Crippen molar-refractivity contribution in [2.24, 2.45) is 5.73 Å². The Hall–Kier alpha value is -2.62. The van der Waals surface area contributed by atoms with E-state index in [0.29, 0.717) is 19.5 Å². The molecule has 0 aliphatic carbocycles. The number of carbonyl (C=O) groups is 2. The monoisotopic (exact) mass is 310 g/mol. The predicted octanol–water partition coefficient (Wildman–Crippen LogP) is 2.44. The Labute approximate surface area is 136 Å². The Balaban J connectivity index is 2.06. The van der Waals surface area contributed by atoms with E-state index >= 15 is 0 Å². The number of hydrogen-bond acceptors (Lipinski definition) is 2. The first kappa shape index (κ1) is 16.7. The van der Waals surface area contributed by atoms with Gasteiger partial charge in [-0.2, -0.15) is 0 Å². The topological polar surface area (TPSA) is 63.4 Å². The van der Waals surface area contributed by atoms with Crippen molar-refractivity contribution in [3.05, 3.63) is 71.3 Å². The Morgan fingerprint density at radius 1 is 0.957 bits per heavy atom. The smallest absolute Gasteiger partial charge is 0.227 e. The summed E-state index contributed by atoms with van der Waals surface area (Å²) in [4.78, 5) is 25.3. The molecule has 4 heteroatoms. The van der Waals surface area contributed by atoms with Crippen LogP contribution in [0, 0.1) is 6.92 Å². The zero-order valence-corrected chi connectivity index (χ0v) is 13.4. The minimum absolute atomic E-state index is 0.000967. The van der Waals surface area contributed by atoms with Gasteiger partial charge in [-0.1, -0.05) is 60.2 Å². The Morgan fingerprint density at radius 2 is 1.61 bits per heavy atom. The lowest BCUT2D eigenvalue weighted by Crippen LogP contribution is -2.34. The lowest BCUT2D eigenvalue weighted by Gasteiger charge is -2.22. The molecule has 0 unspecified atom stereocenters. The van der Waals surface area contributed by atoms with E-state index in [4.69, 9.17) is 5.73 Å². The third-order valence-corrected chi connectivity index (χ3v) is 3.67. The highest BCUT2D eigenvalue weighted by Gasteiger charge is 2.15. The Morgan fingerprint density at radius 3 is 2.22 bits per heavy atom. The number of primary amides is 1. The zero-order valence-electron chi connectivity index (χ0n) is 13.4. The van der Waals surface area contributed by atoms with Gasteiger partial charge in [-0.25, -0.2) is 0 Å². The summed E-state index contributed by atoms with van der Waals surface area (Å²) in [6.07, 6.45) is 0.498. The van der Waals surface area contributed by atoms with Crippen LogP contribution < -0.4 is 5.73 Å². The van der Waals surface area contributed by atoms with Gasteiger partial charge in [0.25, 0.3) is 0 Å². The fraction of sp³-hybridized carbons (Fsp3) is 0.263. The van der Waals surface area contributed by atoms with Crippen LogP contribution in [0.3, 0.4) is 0 Å². The van der Waals surface area contributed by atoms with Crippen LogP contribution in [0.25, 0.3) is 0 Å². The molecule has 2 aromatic carbocycles. The number of amides is 2. The molecule has 0 aliphatic rings. The van der Waals surface area contributed by atoms with Gasteiger partial charge in [0, 0.05) is 19.5 Å². The van der Waals surface area contributed by atoms with Crippen LogP contribution in [0.1, 0.15) is 23.1 Å². The third kappa shape index (κ3) is 5.58. The van der Waals surface area contributed by atoms with E-state index in [1.165, 1.54) is 0 Å². The standard InChI is InChI=1S/C19H22N2O2/c1-15-7-9-16(10-8-15)13-19(23)21(12-11-18(20)22)14-17-5-3-2-4-6-17/h2-10H,11-14H2,1H3,(H2,20,22). The zero-order chi connectivity index (χ0) is 16.7. The van der Waals surface area contributed by atoms with E-state index in [-0.39, 0.29) is 12.3 Å². The van der Waals surface area contributed by atoms with Crippen LogP contribution in [-0.4, -0.2) is 23.3 Å². The van der Waals surface area contributed by atoms with Gasteiger partial charge in [-0.15, -0.1) is 0 Å². The van der Waals surface area contributed by atoms with Gasteiger partial charge in [0.05, 0.1) is 6.42 Å². The molecule has 0 atom stereocenters. The van der Waals surface area contributed by atoms with Crippen molar-refractivity contribution in [2.45, 2.75) is 26.3 Å². The van der Waals surface area contributed by atoms with Crippen LogP contribution in [0.2, 0.25) is 0 Å². The van der Waals surface area contributed by atoms with E-state index in [1.807, 2.05) is 61.5 Å². The lowest BCUT2D eigenvalue weighted by molar-refractivity contribution is -0.131. The fourth-order valence-corrected chi connectivity index (χ4v) is 2.33. The van der Waals surface area contributed by atoms with Crippen LogP contribution in [0.15, 0.2) is 54.6 Å². The molecule has 120 valence electrons. The average molecular weight is 310 g/mol. The largest absolute Gasteiger partial charge is 0.370 e. The van der Waals surface area contributed by atoms with Crippen molar-refractivity contribution in [3.8, 4) is 0 Å². The first-order valence-corrected chi connectivity index (χ1v) is 7.70. The summed E-state index contributed by atoms with van der Waals surface area (Å²) in [6, 6.07) is 17.7. The van der Waals surface area contributed by atoms with Crippen molar-refractivity contribution in [1.82, 2.24) is 4.90 Å². The lowest BCUT2D eigenvalue weighted by atomic mass is 10.1. The van der Waals surface area contributed by atoms with E-state index < -0.39 is 5.91 Å². The van der Waals surface area contributed by atoms with Crippen LogP contribution in [0.5, 0.6) is 0 Å². The summed E-state index contributed by atoms with van der Waals surface area (Å²) in [5, 5.41) is 0. The molecule has 2 rings (SSSR count). The summed E-state index contributed by atoms with van der Waals surface area (Å²) in [5.74, 6) is -0.398. The van der Waals surface area contributed by atoms with Crippen molar-refractivity contribution in [2.75, 3.05) is 6.54 Å². The van der Waals surface area contributed by atoms with E-state index in [9.17, 15) is 9.59 Å². The van der Waals surface area contributed by atoms with Gasteiger partial charge in [-0.3, -0.25) is 9.59 Å². The van der Waals surface area contributed by atoms with E-state index in [2.05, 4.69) is 0 Å².